The summed E-state index contributed by atoms with van der Waals surface area (Å²) < 4.78 is 30.4. The molecule has 1 unspecified atom stereocenters. The summed E-state index contributed by atoms with van der Waals surface area (Å²) in [6.45, 7) is 5.32. The van der Waals surface area contributed by atoms with Crippen molar-refractivity contribution in [1.82, 2.24) is 0 Å². The van der Waals surface area contributed by atoms with Crippen molar-refractivity contribution in [2.45, 2.75) is 13.0 Å². The molecule has 0 saturated carbocycles. The van der Waals surface area contributed by atoms with Gasteiger partial charge in [-0.25, -0.2) is 4.39 Å². The Bertz CT molecular complexity index is 520. The lowest BCUT2D eigenvalue weighted by Crippen LogP contribution is -2.36. The van der Waals surface area contributed by atoms with Crippen LogP contribution in [0.4, 0.5) is 10.1 Å². The highest BCUT2D eigenvalue weighted by Crippen LogP contribution is 2.22. The highest BCUT2D eigenvalue weighted by Gasteiger charge is 2.25. The van der Waals surface area contributed by atoms with Crippen molar-refractivity contribution in [2.75, 3.05) is 37.8 Å². The molecule has 0 radical (unpaired) electrons. The van der Waals surface area contributed by atoms with Gasteiger partial charge >= 0.3 is 7.12 Å². The Morgan fingerprint density at radius 3 is 2.81 bits per heavy atom. The summed E-state index contributed by atoms with van der Waals surface area (Å²) in [7, 11) is -0.331. The molecule has 2 aliphatic heterocycles. The second kappa shape index (κ2) is 6.60. The number of halogens is 1. The van der Waals surface area contributed by atoms with Gasteiger partial charge < -0.3 is 18.9 Å². The summed E-state index contributed by atoms with van der Waals surface area (Å²) in [6.07, 6.45) is 1.94. The topological polar surface area (TPSA) is 30.9 Å². The number of morpholine rings is 1. The first-order valence-corrected chi connectivity index (χ1v) is 7.30. The van der Waals surface area contributed by atoms with Gasteiger partial charge in [0.2, 0.25) is 0 Å². The van der Waals surface area contributed by atoms with Crippen molar-refractivity contribution in [1.29, 1.82) is 0 Å². The molecule has 2 fully saturated rings. The number of hydrogen-bond donors (Lipinski definition) is 0. The van der Waals surface area contributed by atoms with E-state index in [-0.39, 0.29) is 19.0 Å². The lowest BCUT2D eigenvalue weighted by molar-refractivity contribution is 0.122. The predicted octanol–water partition coefficient (Wildman–Crippen LogP) is 2.14. The molecule has 1 aromatic carbocycles. The number of anilines is 1. The predicted molar refractivity (Wildman–Crippen MR) is 80.7 cm³/mol. The van der Waals surface area contributed by atoms with Crippen LogP contribution in [0.1, 0.15) is 12.5 Å². The van der Waals surface area contributed by atoms with E-state index in [4.69, 9.17) is 14.0 Å². The first kappa shape index (κ1) is 14.6. The van der Waals surface area contributed by atoms with Gasteiger partial charge in [0.25, 0.3) is 0 Å². The maximum absolute atomic E-state index is 14.2. The minimum Gasteiger partial charge on any atom is -0.405 e. The summed E-state index contributed by atoms with van der Waals surface area (Å²) in [5, 5.41) is 0. The molecule has 0 amide bonds. The lowest BCUT2D eigenvalue weighted by Gasteiger charge is -2.29. The van der Waals surface area contributed by atoms with Gasteiger partial charge in [-0.2, -0.15) is 0 Å². The van der Waals surface area contributed by atoms with Gasteiger partial charge in [0.15, 0.2) is 0 Å². The Balaban J connectivity index is 1.67. The Kier molecular flexibility index (Phi) is 4.58. The van der Waals surface area contributed by atoms with Crippen molar-refractivity contribution in [3.05, 3.63) is 35.6 Å². The molecule has 2 saturated heterocycles. The zero-order chi connectivity index (χ0) is 14.7. The Morgan fingerprint density at radius 1 is 1.33 bits per heavy atom. The first-order valence-electron chi connectivity index (χ1n) is 7.30. The molecule has 21 heavy (non-hydrogen) atoms. The zero-order valence-corrected chi connectivity index (χ0v) is 12.1. The molecule has 0 aliphatic carbocycles. The minimum absolute atomic E-state index is 0.111. The summed E-state index contributed by atoms with van der Waals surface area (Å²) in [5.41, 5.74) is 1.44. The average molecular weight is 291 g/mol. The van der Waals surface area contributed by atoms with Crippen LogP contribution in [0.2, 0.25) is 0 Å². The van der Waals surface area contributed by atoms with E-state index in [0.29, 0.717) is 25.5 Å². The minimum atomic E-state index is -0.331. The van der Waals surface area contributed by atoms with Gasteiger partial charge in [0.1, 0.15) is 5.82 Å². The van der Waals surface area contributed by atoms with Crippen molar-refractivity contribution >= 4 is 18.9 Å². The summed E-state index contributed by atoms with van der Waals surface area (Å²) in [5.74, 6) is 1.60. The van der Waals surface area contributed by atoms with Crippen LogP contribution in [0, 0.1) is 5.82 Å². The second-order valence-corrected chi connectivity index (χ2v) is 5.32. The third-order valence-corrected chi connectivity index (χ3v) is 3.63. The van der Waals surface area contributed by atoms with Crippen LogP contribution in [-0.2, 0) is 14.0 Å². The number of nitrogens with zero attached hydrogens (tertiary/aromatic N) is 1. The zero-order valence-electron chi connectivity index (χ0n) is 12.1. The molecule has 2 aliphatic rings. The Morgan fingerprint density at radius 2 is 2.14 bits per heavy atom. The molecular formula is C15H19BFNO3. The molecule has 6 heteroatoms. The summed E-state index contributed by atoms with van der Waals surface area (Å²) >= 11 is 0. The monoisotopic (exact) mass is 291 g/mol. The third kappa shape index (κ3) is 3.64. The molecule has 3 rings (SSSR count). The van der Waals surface area contributed by atoms with Gasteiger partial charge in [0, 0.05) is 13.1 Å². The second-order valence-electron chi connectivity index (χ2n) is 5.32. The van der Waals surface area contributed by atoms with Crippen LogP contribution < -0.4 is 4.90 Å². The molecule has 0 aromatic heterocycles. The van der Waals surface area contributed by atoms with E-state index in [1.165, 1.54) is 0 Å². The van der Waals surface area contributed by atoms with E-state index in [2.05, 4.69) is 0 Å². The third-order valence-electron chi connectivity index (χ3n) is 3.63. The molecular weight excluding hydrogens is 272 g/mol. The van der Waals surface area contributed by atoms with E-state index < -0.39 is 0 Å². The molecule has 1 aromatic rings. The van der Waals surface area contributed by atoms with Crippen LogP contribution in [0.15, 0.2) is 24.2 Å². The van der Waals surface area contributed by atoms with Crippen LogP contribution in [0.25, 0.3) is 6.08 Å². The summed E-state index contributed by atoms with van der Waals surface area (Å²) in [4.78, 5) is 2.01. The Labute approximate surface area is 124 Å². The highest BCUT2D eigenvalue weighted by atomic mass is 19.1. The van der Waals surface area contributed by atoms with Crippen molar-refractivity contribution < 1.29 is 18.4 Å². The fourth-order valence-corrected chi connectivity index (χ4v) is 2.52. The standard InChI is InChI=1S/C15H19BFNO3/c1-12-11-20-16(21-12)5-4-13-2-3-15(14(17)10-13)18-6-8-19-9-7-18/h2-5,10,12H,6-9,11H2,1H3. The van der Waals surface area contributed by atoms with E-state index in [9.17, 15) is 4.39 Å². The fourth-order valence-electron chi connectivity index (χ4n) is 2.52. The van der Waals surface area contributed by atoms with E-state index >= 15 is 0 Å². The van der Waals surface area contributed by atoms with Crippen molar-refractivity contribution in [3.8, 4) is 0 Å². The first-order chi connectivity index (χ1) is 10.2. The van der Waals surface area contributed by atoms with E-state index in [0.717, 1.165) is 18.7 Å². The van der Waals surface area contributed by atoms with Crippen molar-refractivity contribution in [3.63, 3.8) is 0 Å². The van der Waals surface area contributed by atoms with Gasteiger partial charge in [0.05, 0.1) is 31.6 Å². The van der Waals surface area contributed by atoms with E-state index in [1.807, 2.05) is 36.0 Å². The van der Waals surface area contributed by atoms with Crippen LogP contribution in [0.3, 0.4) is 0 Å². The molecule has 2 heterocycles. The maximum atomic E-state index is 14.2. The average Bonchev–Trinajstić information content (AvgIpc) is 2.92. The van der Waals surface area contributed by atoms with Crippen LogP contribution in [0.5, 0.6) is 0 Å². The fraction of sp³-hybridized carbons (Fsp3) is 0.467. The van der Waals surface area contributed by atoms with Crippen molar-refractivity contribution in [2.24, 2.45) is 0 Å². The molecule has 0 N–H and O–H groups in total. The van der Waals surface area contributed by atoms with Crippen LogP contribution >= 0.6 is 0 Å². The molecule has 4 nitrogen and oxygen atoms in total. The molecule has 0 spiro atoms. The molecule has 0 bridgehead atoms. The normalized spacial score (nSPS) is 23.2. The number of ether oxygens (including phenoxy) is 1. The maximum Gasteiger partial charge on any atom is 0.486 e. The van der Waals surface area contributed by atoms with Gasteiger partial charge in [-0.15, -0.1) is 0 Å². The van der Waals surface area contributed by atoms with Gasteiger partial charge in [-0.05, 0) is 24.6 Å². The molecule has 1 atom stereocenters. The Hall–Kier alpha value is -1.37. The highest BCUT2D eigenvalue weighted by molar-refractivity contribution is 6.52. The smallest absolute Gasteiger partial charge is 0.405 e. The number of rotatable bonds is 3. The van der Waals surface area contributed by atoms with Gasteiger partial charge in [-0.3, -0.25) is 0 Å². The summed E-state index contributed by atoms with van der Waals surface area (Å²) in [6, 6.07) is 5.27. The largest absolute Gasteiger partial charge is 0.486 e. The van der Waals surface area contributed by atoms with Gasteiger partial charge in [-0.1, -0.05) is 18.1 Å². The number of benzene rings is 1. The van der Waals surface area contributed by atoms with Crippen LogP contribution in [-0.4, -0.2) is 46.1 Å². The lowest BCUT2D eigenvalue weighted by atomic mass is 9.89. The quantitative estimate of drug-likeness (QED) is 0.798. The molecule has 112 valence electrons. The van der Waals surface area contributed by atoms with E-state index in [1.54, 1.807) is 6.07 Å². The SMILES string of the molecule is CC1COB(C=Cc2ccc(N3CCOCC3)c(F)c2)O1. The number of hydrogen-bond acceptors (Lipinski definition) is 4.